The topological polar surface area (TPSA) is 107 Å². The fourth-order valence-electron chi connectivity index (χ4n) is 2.65. The second kappa shape index (κ2) is 6.57. The maximum absolute atomic E-state index is 12.9. The first-order valence-electron chi connectivity index (χ1n) is 7.68. The van der Waals surface area contributed by atoms with E-state index in [1.807, 2.05) is 0 Å². The molecule has 3 rings (SSSR count). The highest BCUT2D eigenvalue weighted by Crippen LogP contribution is 2.37. The number of rotatable bonds is 5. The summed E-state index contributed by atoms with van der Waals surface area (Å²) < 4.78 is 35.9. The first-order valence-corrected chi connectivity index (χ1v) is 9.95. The van der Waals surface area contributed by atoms with Gasteiger partial charge in [-0.3, -0.25) is 19.4 Å². The minimum absolute atomic E-state index is 0.00546. The Kier molecular flexibility index (Phi) is 4.72. The molecule has 140 valence electrons. The second-order valence-corrected chi connectivity index (χ2v) is 8.47. The van der Waals surface area contributed by atoms with Gasteiger partial charge in [-0.15, -0.1) is 0 Å². The van der Waals surface area contributed by atoms with Crippen molar-refractivity contribution in [3.8, 4) is 5.75 Å². The first kappa shape index (κ1) is 18.7. The van der Waals surface area contributed by atoms with Crippen molar-refractivity contribution in [3.63, 3.8) is 0 Å². The van der Waals surface area contributed by atoms with Crippen LogP contribution in [0.15, 0.2) is 21.8 Å². The number of hydrogen-bond donors (Lipinski definition) is 1. The number of H-pyrrole nitrogens is 1. The van der Waals surface area contributed by atoms with Crippen LogP contribution in [0.4, 0.5) is 0 Å². The maximum Gasteiger partial charge on any atom is 0.277 e. The molecule has 1 N–H and O–H groups in total. The Bertz CT molecular complexity index is 1050. The van der Waals surface area contributed by atoms with Crippen molar-refractivity contribution in [2.24, 2.45) is 7.05 Å². The number of nitrogens with zero attached hydrogens (tertiary/aromatic N) is 1. The van der Waals surface area contributed by atoms with E-state index in [4.69, 9.17) is 21.1 Å². The van der Waals surface area contributed by atoms with Crippen molar-refractivity contribution >= 4 is 27.2 Å². The number of ketones is 1. The van der Waals surface area contributed by atoms with E-state index in [1.54, 1.807) is 6.92 Å². The molecular formula is C16H17ClN2O6S. The number of sulfone groups is 1. The zero-order chi connectivity index (χ0) is 19.2. The lowest BCUT2D eigenvalue weighted by Gasteiger charge is -2.28. The van der Waals surface area contributed by atoms with Crippen molar-refractivity contribution in [1.29, 1.82) is 0 Å². The van der Waals surface area contributed by atoms with E-state index < -0.39 is 21.2 Å². The third-order valence-electron chi connectivity index (χ3n) is 4.05. The molecule has 0 spiro atoms. The van der Waals surface area contributed by atoms with Gasteiger partial charge < -0.3 is 9.47 Å². The number of ether oxygens (including phenoxy) is 2. The van der Waals surface area contributed by atoms with Gasteiger partial charge in [-0.25, -0.2) is 8.42 Å². The molecule has 1 aliphatic heterocycles. The molecule has 1 aromatic heterocycles. The molecule has 0 amide bonds. The third-order valence-corrected chi connectivity index (χ3v) is 5.55. The number of halogens is 1. The molecule has 1 saturated heterocycles. The zero-order valence-electron chi connectivity index (χ0n) is 14.3. The summed E-state index contributed by atoms with van der Waals surface area (Å²) in [5, 5.41) is 2.60. The number of nitrogens with one attached hydrogen (secondary N) is 1. The van der Waals surface area contributed by atoms with Crippen LogP contribution in [-0.2, 0) is 21.6 Å². The average molecular weight is 401 g/mol. The van der Waals surface area contributed by atoms with Crippen LogP contribution in [0, 0.1) is 6.92 Å². The van der Waals surface area contributed by atoms with Gasteiger partial charge in [-0.1, -0.05) is 11.6 Å². The highest BCUT2D eigenvalue weighted by molar-refractivity contribution is 7.90. The lowest BCUT2D eigenvalue weighted by molar-refractivity contribution is -0.0806. The number of hydrogen-bond acceptors (Lipinski definition) is 6. The second-order valence-electron chi connectivity index (χ2n) is 6.11. The standard InChI is InChI=1S/C16H17ClN2O6S/c1-8-12(16(21)19(2)18-8)14(20)10-4-5-11(26(3,22)23)15(13(10)17)25-9-6-24-7-9/h4-5,9,18H,6-7H2,1-3H3. The smallest absolute Gasteiger partial charge is 0.277 e. The molecule has 0 saturated carbocycles. The lowest BCUT2D eigenvalue weighted by atomic mass is 10.0. The first-order chi connectivity index (χ1) is 12.1. The molecule has 0 atom stereocenters. The molecular weight excluding hydrogens is 384 g/mol. The molecule has 2 heterocycles. The predicted octanol–water partition coefficient (Wildman–Crippen LogP) is 1.09. The van der Waals surface area contributed by atoms with E-state index in [1.165, 1.54) is 23.9 Å². The summed E-state index contributed by atoms with van der Waals surface area (Å²) in [4.78, 5) is 24.9. The number of benzene rings is 1. The Morgan fingerprint density at radius 3 is 2.50 bits per heavy atom. The number of aryl methyl sites for hydroxylation is 2. The molecule has 0 radical (unpaired) electrons. The van der Waals surface area contributed by atoms with E-state index in [-0.39, 0.29) is 32.9 Å². The molecule has 0 unspecified atom stereocenters. The van der Waals surface area contributed by atoms with Crippen LogP contribution < -0.4 is 10.3 Å². The molecule has 10 heteroatoms. The number of aromatic nitrogens is 2. The van der Waals surface area contributed by atoms with E-state index in [0.29, 0.717) is 18.9 Å². The molecule has 1 aromatic carbocycles. The summed E-state index contributed by atoms with van der Waals surface area (Å²) in [5.74, 6) is -0.706. The summed E-state index contributed by atoms with van der Waals surface area (Å²) in [6, 6.07) is 2.55. The van der Waals surface area contributed by atoms with Gasteiger partial charge in [0.25, 0.3) is 5.56 Å². The Labute approximate surface area is 154 Å². The maximum atomic E-state index is 12.9. The molecule has 0 aliphatic carbocycles. The van der Waals surface area contributed by atoms with Crippen LogP contribution in [0.25, 0.3) is 0 Å². The van der Waals surface area contributed by atoms with E-state index >= 15 is 0 Å². The van der Waals surface area contributed by atoms with Crippen LogP contribution in [0.3, 0.4) is 0 Å². The SMILES string of the molecule is Cc1[nH]n(C)c(=O)c1C(=O)c1ccc(S(C)(=O)=O)c(OC2COC2)c1Cl. The molecule has 26 heavy (non-hydrogen) atoms. The number of aromatic amines is 1. The van der Waals surface area contributed by atoms with Gasteiger partial charge in [-0.2, -0.15) is 0 Å². The van der Waals surface area contributed by atoms with Crippen molar-refractivity contribution < 1.29 is 22.7 Å². The van der Waals surface area contributed by atoms with Crippen molar-refractivity contribution in [1.82, 2.24) is 9.78 Å². The zero-order valence-corrected chi connectivity index (χ0v) is 15.9. The molecule has 2 aromatic rings. The van der Waals surface area contributed by atoms with Gasteiger partial charge in [0.1, 0.15) is 16.6 Å². The van der Waals surface area contributed by atoms with Gasteiger partial charge in [0, 0.05) is 24.6 Å². The van der Waals surface area contributed by atoms with Gasteiger partial charge in [0.15, 0.2) is 15.6 Å². The normalized spacial score (nSPS) is 14.9. The molecule has 0 bridgehead atoms. The van der Waals surface area contributed by atoms with E-state index in [2.05, 4.69) is 5.10 Å². The fourth-order valence-corrected chi connectivity index (χ4v) is 3.81. The lowest BCUT2D eigenvalue weighted by Crippen LogP contribution is -2.39. The number of carbonyl (C=O) groups is 1. The Hall–Kier alpha value is -2.10. The van der Waals surface area contributed by atoms with E-state index in [0.717, 1.165) is 6.26 Å². The van der Waals surface area contributed by atoms with Crippen LogP contribution in [0.1, 0.15) is 21.6 Å². The van der Waals surface area contributed by atoms with Crippen molar-refractivity contribution in [2.75, 3.05) is 19.5 Å². The quantitative estimate of drug-likeness (QED) is 0.753. The summed E-state index contributed by atoms with van der Waals surface area (Å²) >= 11 is 6.33. The monoisotopic (exact) mass is 400 g/mol. The Balaban J connectivity index is 2.15. The highest BCUT2D eigenvalue weighted by Gasteiger charge is 2.30. The van der Waals surface area contributed by atoms with Crippen LogP contribution in [0.5, 0.6) is 5.75 Å². The van der Waals surface area contributed by atoms with Crippen molar-refractivity contribution in [2.45, 2.75) is 17.9 Å². The molecule has 8 nitrogen and oxygen atoms in total. The number of carbonyl (C=O) groups excluding carboxylic acids is 1. The molecule has 1 fully saturated rings. The minimum Gasteiger partial charge on any atom is -0.483 e. The highest BCUT2D eigenvalue weighted by atomic mass is 35.5. The predicted molar refractivity (Wildman–Crippen MR) is 94.0 cm³/mol. The van der Waals surface area contributed by atoms with E-state index in [9.17, 15) is 18.0 Å². The van der Waals surface area contributed by atoms with Crippen LogP contribution in [0.2, 0.25) is 5.02 Å². The van der Waals surface area contributed by atoms with Gasteiger partial charge in [-0.05, 0) is 19.1 Å². The summed E-state index contributed by atoms with van der Waals surface area (Å²) in [6.07, 6.45) is 0.677. The fraction of sp³-hybridized carbons (Fsp3) is 0.375. The average Bonchev–Trinajstić information content (AvgIpc) is 2.75. The summed E-state index contributed by atoms with van der Waals surface area (Å²) in [5.41, 5.74) is -0.167. The molecule has 1 aliphatic rings. The summed E-state index contributed by atoms with van der Waals surface area (Å²) in [7, 11) is -2.15. The van der Waals surface area contributed by atoms with Crippen LogP contribution >= 0.6 is 11.6 Å². The van der Waals surface area contributed by atoms with Gasteiger partial charge in [0.05, 0.1) is 18.2 Å². The van der Waals surface area contributed by atoms with Gasteiger partial charge >= 0.3 is 0 Å². The van der Waals surface area contributed by atoms with Crippen LogP contribution in [-0.4, -0.2) is 49.6 Å². The Morgan fingerprint density at radius 1 is 1.38 bits per heavy atom. The minimum atomic E-state index is -3.64. The largest absolute Gasteiger partial charge is 0.483 e. The summed E-state index contributed by atoms with van der Waals surface area (Å²) in [6.45, 7) is 2.20. The third kappa shape index (κ3) is 3.17. The van der Waals surface area contributed by atoms with Gasteiger partial charge in [0.2, 0.25) is 5.78 Å². The van der Waals surface area contributed by atoms with Crippen molar-refractivity contribution in [3.05, 3.63) is 44.3 Å². The Morgan fingerprint density at radius 2 is 2.04 bits per heavy atom.